The molecule has 0 saturated carbocycles. The van der Waals surface area contributed by atoms with E-state index < -0.39 is 5.54 Å². The van der Waals surface area contributed by atoms with Gasteiger partial charge in [-0.1, -0.05) is 6.92 Å². The second-order valence-corrected chi connectivity index (χ2v) is 4.60. The molecule has 1 rings (SSSR count). The Bertz CT molecular complexity index is 405. The van der Waals surface area contributed by atoms with Crippen LogP contribution in [0.2, 0.25) is 0 Å². The van der Waals surface area contributed by atoms with E-state index in [1.54, 1.807) is 6.92 Å². The first kappa shape index (κ1) is 11.7. The van der Waals surface area contributed by atoms with Crippen LogP contribution in [0.15, 0.2) is 11.4 Å². The Morgan fingerprint density at radius 3 is 2.80 bits per heavy atom. The minimum Gasteiger partial charge on any atom is -0.333 e. The fourth-order valence-electron chi connectivity index (χ4n) is 1.11. The Kier molecular flexibility index (Phi) is 3.48. The molecule has 1 amide bonds. The summed E-state index contributed by atoms with van der Waals surface area (Å²) in [5.41, 5.74) is 0.182. The molecule has 0 aliphatic carbocycles. The zero-order valence-electron chi connectivity index (χ0n) is 9.13. The molecule has 0 spiro atoms. The van der Waals surface area contributed by atoms with Crippen LogP contribution in [0.1, 0.15) is 35.5 Å². The monoisotopic (exact) mass is 222 g/mol. The average molecular weight is 222 g/mol. The van der Waals surface area contributed by atoms with Crippen molar-refractivity contribution in [2.24, 2.45) is 0 Å². The first-order valence-electron chi connectivity index (χ1n) is 4.80. The third-order valence-electron chi connectivity index (χ3n) is 2.41. The third-order valence-corrected chi connectivity index (χ3v) is 3.43. The van der Waals surface area contributed by atoms with Crippen molar-refractivity contribution in [3.05, 3.63) is 21.9 Å². The van der Waals surface area contributed by atoms with Crippen LogP contribution in [-0.4, -0.2) is 11.4 Å². The molecule has 0 aromatic carbocycles. The lowest BCUT2D eigenvalue weighted by atomic mass is 10.0. The predicted molar refractivity (Wildman–Crippen MR) is 60.8 cm³/mol. The van der Waals surface area contributed by atoms with E-state index in [1.165, 1.54) is 11.3 Å². The van der Waals surface area contributed by atoms with Crippen molar-refractivity contribution in [3.63, 3.8) is 0 Å². The summed E-state index contributed by atoms with van der Waals surface area (Å²) in [4.78, 5) is 12.5. The van der Waals surface area contributed by atoms with Gasteiger partial charge in [0.25, 0.3) is 5.91 Å². The Morgan fingerprint density at radius 2 is 2.40 bits per heavy atom. The van der Waals surface area contributed by atoms with Gasteiger partial charge in [0.2, 0.25) is 0 Å². The summed E-state index contributed by atoms with van der Waals surface area (Å²) in [5, 5.41) is 13.6. The van der Waals surface area contributed by atoms with E-state index in [2.05, 4.69) is 11.4 Å². The quantitative estimate of drug-likeness (QED) is 0.854. The van der Waals surface area contributed by atoms with E-state index in [0.29, 0.717) is 11.3 Å². The van der Waals surface area contributed by atoms with Crippen molar-refractivity contribution in [3.8, 4) is 6.07 Å². The van der Waals surface area contributed by atoms with Crippen LogP contribution in [-0.2, 0) is 0 Å². The lowest BCUT2D eigenvalue weighted by molar-refractivity contribution is 0.0926. The first-order chi connectivity index (χ1) is 7.02. The molecule has 1 aromatic heterocycles. The van der Waals surface area contributed by atoms with Crippen LogP contribution in [0, 0.1) is 18.3 Å². The molecule has 0 radical (unpaired) electrons. The first-order valence-corrected chi connectivity index (χ1v) is 5.68. The highest BCUT2D eigenvalue weighted by Gasteiger charge is 2.25. The Morgan fingerprint density at radius 1 is 1.73 bits per heavy atom. The lowest BCUT2D eigenvalue weighted by Crippen LogP contribution is -2.44. The molecule has 0 aliphatic rings. The van der Waals surface area contributed by atoms with Gasteiger partial charge in [-0.15, -0.1) is 11.3 Å². The summed E-state index contributed by atoms with van der Waals surface area (Å²) in [6, 6.07) is 4.01. The van der Waals surface area contributed by atoms with Gasteiger partial charge in [-0.3, -0.25) is 4.79 Å². The highest BCUT2D eigenvalue weighted by molar-refractivity contribution is 7.12. The molecule has 1 aromatic rings. The summed E-state index contributed by atoms with van der Waals surface area (Å²) in [6.45, 7) is 5.50. The number of hydrogen-bond donors (Lipinski definition) is 1. The van der Waals surface area contributed by atoms with Gasteiger partial charge in [-0.05, 0) is 37.3 Å². The van der Waals surface area contributed by atoms with Gasteiger partial charge in [0, 0.05) is 0 Å². The maximum Gasteiger partial charge on any atom is 0.262 e. The van der Waals surface area contributed by atoms with Gasteiger partial charge in [0.1, 0.15) is 5.54 Å². The molecule has 1 N–H and O–H groups in total. The molecule has 4 heteroatoms. The predicted octanol–water partition coefficient (Wildman–Crippen LogP) is 2.48. The second-order valence-electron chi connectivity index (χ2n) is 3.68. The van der Waals surface area contributed by atoms with Gasteiger partial charge < -0.3 is 5.32 Å². The number of thiophene rings is 1. The fourth-order valence-corrected chi connectivity index (χ4v) is 1.93. The maximum atomic E-state index is 11.8. The number of nitrogens with zero attached hydrogens (tertiary/aromatic N) is 1. The number of amides is 1. The molecular formula is C11H14N2OS. The molecule has 0 aliphatic heterocycles. The highest BCUT2D eigenvalue weighted by Crippen LogP contribution is 2.17. The van der Waals surface area contributed by atoms with E-state index in [0.717, 1.165) is 5.56 Å². The van der Waals surface area contributed by atoms with Gasteiger partial charge in [0.15, 0.2) is 0 Å². The summed E-state index contributed by atoms with van der Waals surface area (Å²) < 4.78 is 0. The lowest BCUT2D eigenvalue weighted by Gasteiger charge is -2.20. The minimum atomic E-state index is -0.770. The number of carbonyl (C=O) groups is 1. The molecule has 15 heavy (non-hydrogen) atoms. The topological polar surface area (TPSA) is 52.9 Å². The van der Waals surface area contributed by atoms with E-state index in [1.807, 2.05) is 25.3 Å². The zero-order chi connectivity index (χ0) is 11.5. The average Bonchev–Trinajstić information content (AvgIpc) is 2.64. The van der Waals surface area contributed by atoms with Crippen LogP contribution in [0.25, 0.3) is 0 Å². The minimum absolute atomic E-state index is 0.159. The van der Waals surface area contributed by atoms with Gasteiger partial charge in [-0.2, -0.15) is 5.26 Å². The van der Waals surface area contributed by atoms with Gasteiger partial charge >= 0.3 is 0 Å². The van der Waals surface area contributed by atoms with Crippen molar-refractivity contribution >= 4 is 17.2 Å². The second kappa shape index (κ2) is 4.45. The summed E-state index contributed by atoms with van der Waals surface area (Å²) >= 11 is 1.40. The number of hydrogen-bond acceptors (Lipinski definition) is 3. The van der Waals surface area contributed by atoms with Gasteiger partial charge in [-0.25, -0.2) is 0 Å². The molecule has 1 heterocycles. The number of nitriles is 1. The molecule has 1 unspecified atom stereocenters. The molecule has 0 saturated heterocycles. The Balaban J connectivity index is 2.82. The summed E-state index contributed by atoms with van der Waals surface area (Å²) in [5.74, 6) is -0.159. The Labute approximate surface area is 93.7 Å². The van der Waals surface area contributed by atoms with Crippen LogP contribution < -0.4 is 5.32 Å². The third kappa shape index (κ3) is 2.57. The summed E-state index contributed by atoms with van der Waals surface area (Å²) in [6.07, 6.45) is 0.597. The van der Waals surface area contributed by atoms with Crippen molar-refractivity contribution in [2.75, 3.05) is 0 Å². The van der Waals surface area contributed by atoms with Gasteiger partial charge in [0.05, 0.1) is 10.9 Å². The molecular weight excluding hydrogens is 208 g/mol. The Hall–Kier alpha value is -1.34. The molecule has 80 valence electrons. The SMILES string of the molecule is CCC(C)(C#N)NC(=O)c1sccc1C. The molecule has 0 fully saturated rings. The smallest absolute Gasteiger partial charge is 0.262 e. The molecule has 0 bridgehead atoms. The van der Waals surface area contributed by atoms with Crippen LogP contribution in [0.4, 0.5) is 0 Å². The van der Waals surface area contributed by atoms with E-state index >= 15 is 0 Å². The van der Waals surface area contributed by atoms with E-state index in [-0.39, 0.29) is 5.91 Å². The molecule has 3 nitrogen and oxygen atoms in total. The van der Waals surface area contributed by atoms with Crippen molar-refractivity contribution in [1.29, 1.82) is 5.26 Å². The number of carbonyl (C=O) groups excluding carboxylic acids is 1. The largest absolute Gasteiger partial charge is 0.333 e. The number of rotatable bonds is 3. The standard InChI is InChI=1S/C11H14N2OS/c1-4-11(3,7-12)13-10(14)9-8(2)5-6-15-9/h5-6H,4H2,1-3H3,(H,13,14). The van der Waals surface area contributed by atoms with Crippen LogP contribution in [0.3, 0.4) is 0 Å². The van der Waals surface area contributed by atoms with E-state index in [4.69, 9.17) is 5.26 Å². The van der Waals surface area contributed by atoms with E-state index in [9.17, 15) is 4.79 Å². The highest BCUT2D eigenvalue weighted by atomic mass is 32.1. The fraction of sp³-hybridized carbons (Fsp3) is 0.455. The normalized spacial score (nSPS) is 14.0. The summed E-state index contributed by atoms with van der Waals surface area (Å²) in [7, 11) is 0. The molecule has 1 atom stereocenters. The number of aryl methyl sites for hydroxylation is 1. The zero-order valence-corrected chi connectivity index (χ0v) is 9.94. The van der Waals surface area contributed by atoms with Crippen molar-refractivity contribution in [1.82, 2.24) is 5.32 Å². The van der Waals surface area contributed by atoms with Crippen LogP contribution in [0.5, 0.6) is 0 Å². The number of nitrogens with one attached hydrogen (secondary N) is 1. The van der Waals surface area contributed by atoms with Crippen molar-refractivity contribution < 1.29 is 4.79 Å². The van der Waals surface area contributed by atoms with Crippen molar-refractivity contribution in [2.45, 2.75) is 32.7 Å². The van der Waals surface area contributed by atoms with Crippen LogP contribution >= 0.6 is 11.3 Å². The maximum absolute atomic E-state index is 11.8.